The summed E-state index contributed by atoms with van der Waals surface area (Å²) in [5.41, 5.74) is 11.2. The van der Waals surface area contributed by atoms with E-state index in [0.717, 1.165) is 27.4 Å². The molecule has 0 fully saturated rings. The van der Waals surface area contributed by atoms with Crippen LogP contribution in [0.5, 0.6) is 0 Å². The molecule has 0 amide bonds. The number of hydrogen-bond donors (Lipinski definition) is 3. The van der Waals surface area contributed by atoms with Gasteiger partial charge in [0.2, 0.25) is 0 Å². The molecule has 0 aromatic heterocycles. The van der Waals surface area contributed by atoms with Gasteiger partial charge in [-0.2, -0.15) is 0 Å². The van der Waals surface area contributed by atoms with Crippen LogP contribution < -0.4 is 16.9 Å². The summed E-state index contributed by atoms with van der Waals surface area (Å²) in [7, 11) is 5.63. The molecule has 0 heterocycles. The number of hydrazone groups is 1. The fourth-order valence-electron chi connectivity index (χ4n) is 2.81. The van der Waals surface area contributed by atoms with Crippen LogP contribution in [0, 0.1) is 0 Å². The number of amidine groups is 1. The average molecular weight is 411 g/mol. The van der Waals surface area contributed by atoms with E-state index in [2.05, 4.69) is 40.8 Å². The predicted molar refractivity (Wildman–Crippen MR) is 127 cm³/mol. The zero-order chi connectivity index (χ0) is 21.4. The quantitative estimate of drug-likeness (QED) is 0.149. The van der Waals surface area contributed by atoms with Gasteiger partial charge in [0.1, 0.15) is 0 Å². The fraction of sp³-hybridized carbons (Fsp3) is 0.227. The molecule has 0 aliphatic heterocycles. The first-order valence-electron chi connectivity index (χ1n) is 9.32. The number of hydrogen-bond acceptors (Lipinski definition) is 6. The molecule has 0 saturated heterocycles. The van der Waals surface area contributed by atoms with Crippen molar-refractivity contribution < 1.29 is 0 Å². The Bertz CT molecular complexity index is 915. The van der Waals surface area contributed by atoms with E-state index in [1.807, 2.05) is 62.6 Å². The van der Waals surface area contributed by atoms with Gasteiger partial charge < -0.3 is 11.1 Å². The number of rotatable bonds is 8. The Labute approximate surface area is 178 Å². The highest BCUT2D eigenvalue weighted by Crippen LogP contribution is 2.29. The van der Waals surface area contributed by atoms with Crippen molar-refractivity contribution in [2.45, 2.75) is 18.7 Å². The van der Waals surface area contributed by atoms with E-state index in [0.29, 0.717) is 5.84 Å². The number of nitrogens with zero attached hydrogens (tertiary/aromatic N) is 3. The summed E-state index contributed by atoms with van der Waals surface area (Å²) in [5, 5.41) is 8.86. The van der Waals surface area contributed by atoms with Gasteiger partial charge >= 0.3 is 0 Å². The fourth-order valence-corrected chi connectivity index (χ4v) is 3.53. The largest absolute Gasteiger partial charge is 0.382 e. The van der Waals surface area contributed by atoms with Crippen LogP contribution in [-0.4, -0.2) is 36.4 Å². The highest BCUT2D eigenvalue weighted by Gasteiger charge is 2.11. The number of nitrogens with one attached hydrogen (secondary N) is 1. The van der Waals surface area contributed by atoms with Gasteiger partial charge in [-0.15, -0.1) is 5.10 Å². The normalized spacial score (nSPS) is 12.7. The molecule has 2 aromatic rings. The van der Waals surface area contributed by atoms with E-state index in [1.165, 1.54) is 10.7 Å². The standard InChI is InChI=1S/C22H30N6S/c1-6-9-16(7-2)17-10-8-11-18(14-17)25-21-13-12-19(29-27(3)4)15-20(21)22(23)26-28(5)24/h6-15,25H,24H2,1-5H3,(H2,23,26)/b9-6-,16-7+. The molecule has 0 saturated carbocycles. The third-order valence-corrected chi connectivity index (χ3v) is 4.78. The van der Waals surface area contributed by atoms with Crippen molar-refractivity contribution in [3.8, 4) is 0 Å². The molecule has 7 heteroatoms. The highest BCUT2D eigenvalue weighted by atomic mass is 32.2. The first-order chi connectivity index (χ1) is 13.8. The third kappa shape index (κ3) is 6.67. The second kappa shape index (κ2) is 10.7. The molecule has 154 valence electrons. The topological polar surface area (TPSA) is 82.9 Å². The van der Waals surface area contributed by atoms with Crippen molar-refractivity contribution in [2.75, 3.05) is 26.5 Å². The maximum Gasteiger partial charge on any atom is 0.154 e. The molecule has 0 radical (unpaired) electrons. The second-order valence-electron chi connectivity index (χ2n) is 6.62. The molecule has 2 aromatic carbocycles. The Morgan fingerprint density at radius 2 is 1.86 bits per heavy atom. The van der Waals surface area contributed by atoms with E-state index in [1.54, 1.807) is 19.0 Å². The van der Waals surface area contributed by atoms with Crippen molar-refractivity contribution in [3.05, 3.63) is 71.8 Å². The van der Waals surface area contributed by atoms with Gasteiger partial charge in [0.05, 0.1) is 0 Å². The van der Waals surface area contributed by atoms with Crippen molar-refractivity contribution in [2.24, 2.45) is 16.7 Å². The number of allylic oxidation sites excluding steroid dienone is 4. The van der Waals surface area contributed by atoms with Crippen molar-refractivity contribution >= 4 is 34.7 Å². The molecule has 5 N–H and O–H groups in total. The molecule has 0 spiro atoms. The Hall–Kier alpha value is -2.74. The Morgan fingerprint density at radius 1 is 1.10 bits per heavy atom. The lowest BCUT2D eigenvalue weighted by atomic mass is 10.0. The Kier molecular flexibility index (Phi) is 8.33. The van der Waals surface area contributed by atoms with Crippen LogP contribution in [0.15, 0.2) is 70.7 Å². The van der Waals surface area contributed by atoms with Gasteiger partial charge in [-0.05, 0) is 81.4 Å². The lowest BCUT2D eigenvalue weighted by Crippen LogP contribution is -2.26. The molecular weight excluding hydrogens is 380 g/mol. The van der Waals surface area contributed by atoms with Crippen molar-refractivity contribution in [1.82, 2.24) is 9.42 Å². The van der Waals surface area contributed by atoms with Crippen LogP contribution >= 0.6 is 11.9 Å². The number of hydrazine groups is 1. The zero-order valence-electron chi connectivity index (χ0n) is 17.7. The Morgan fingerprint density at radius 3 is 2.48 bits per heavy atom. The summed E-state index contributed by atoms with van der Waals surface area (Å²) < 4.78 is 2.03. The van der Waals surface area contributed by atoms with Crippen LogP contribution in [0.2, 0.25) is 0 Å². The summed E-state index contributed by atoms with van der Waals surface area (Å²) in [6.45, 7) is 4.05. The van der Waals surface area contributed by atoms with Crippen LogP contribution in [0.3, 0.4) is 0 Å². The van der Waals surface area contributed by atoms with Crippen molar-refractivity contribution in [3.63, 3.8) is 0 Å². The predicted octanol–water partition coefficient (Wildman–Crippen LogP) is 4.40. The van der Waals surface area contributed by atoms with E-state index in [9.17, 15) is 0 Å². The van der Waals surface area contributed by atoms with E-state index in [-0.39, 0.29) is 0 Å². The maximum atomic E-state index is 6.24. The molecule has 0 bridgehead atoms. The van der Waals surface area contributed by atoms with E-state index < -0.39 is 0 Å². The van der Waals surface area contributed by atoms with Crippen LogP contribution in [0.1, 0.15) is 25.0 Å². The zero-order valence-corrected chi connectivity index (χ0v) is 18.5. The number of benzene rings is 2. The summed E-state index contributed by atoms with van der Waals surface area (Å²) in [5.74, 6) is 6.01. The lowest BCUT2D eigenvalue weighted by molar-refractivity contribution is 0.371. The molecule has 0 atom stereocenters. The van der Waals surface area contributed by atoms with Crippen LogP contribution in [0.4, 0.5) is 11.4 Å². The Balaban J connectivity index is 2.44. The van der Waals surface area contributed by atoms with Crippen LogP contribution in [0.25, 0.3) is 5.57 Å². The second-order valence-corrected chi connectivity index (χ2v) is 8.00. The monoisotopic (exact) mass is 410 g/mol. The molecule has 0 unspecified atom stereocenters. The van der Waals surface area contributed by atoms with Crippen LogP contribution in [-0.2, 0) is 0 Å². The lowest BCUT2D eigenvalue weighted by Gasteiger charge is -2.16. The first-order valence-corrected chi connectivity index (χ1v) is 10.1. The van der Waals surface area contributed by atoms with Crippen molar-refractivity contribution in [1.29, 1.82) is 0 Å². The molecule has 0 aliphatic rings. The average Bonchev–Trinajstić information content (AvgIpc) is 2.66. The van der Waals surface area contributed by atoms with Gasteiger partial charge in [0.15, 0.2) is 5.84 Å². The minimum Gasteiger partial charge on any atom is -0.382 e. The summed E-state index contributed by atoms with van der Waals surface area (Å²) in [6.07, 6.45) is 6.23. The molecule has 29 heavy (non-hydrogen) atoms. The molecule has 0 aliphatic carbocycles. The number of anilines is 2. The maximum absolute atomic E-state index is 6.24. The SMILES string of the molecule is C/C=C\C(=C/C)c1cccc(Nc2ccc(SN(C)C)cc2/C(N)=N/N(C)N)c1. The van der Waals surface area contributed by atoms with E-state index in [4.69, 9.17) is 11.6 Å². The summed E-state index contributed by atoms with van der Waals surface area (Å²) in [6, 6.07) is 14.3. The third-order valence-electron chi connectivity index (χ3n) is 3.95. The molecule has 2 rings (SSSR count). The minimum absolute atomic E-state index is 0.345. The van der Waals surface area contributed by atoms with Gasteiger partial charge in [0.25, 0.3) is 0 Å². The minimum atomic E-state index is 0.345. The van der Waals surface area contributed by atoms with Gasteiger partial charge in [-0.3, -0.25) is 4.31 Å². The molecule has 6 nitrogen and oxygen atoms in total. The number of nitrogens with two attached hydrogens (primary N) is 2. The van der Waals surface area contributed by atoms with E-state index >= 15 is 0 Å². The van der Waals surface area contributed by atoms with Gasteiger partial charge in [-0.1, -0.05) is 30.4 Å². The first kappa shape index (κ1) is 22.5. The molecular formula is C22H30N6S. The summed E-state index contributed by atoms with van der Waals surface area (Å²) in [4.78, 5) is 1.06. The van der Waals surface area contributed by atoms with Gasteiger partial charge in [-0.25, -0.2) is 11.0 Å². The highest BCUT2D eigenvalue weighted by molar-refractivity contribution is 7.97. The smallest absolute Gasteiger partial charge is 0.154 e. The van der Waals surface area contributed by atoms with Gasteiger partial charge in [0, 0.05) is 28.9 Å². The summed E-state index contributed by atoms with van der Waals surface area (Å²) >= 11 is 1.61.